The van der Waals surface area contributed by atoms with Gasteiger partial charge in [0.25, 0.3) is 0 Å². The molecular weight excluding hydrogens is 396 g/mol. The second kappa shape index (κ2) is 9.92. The van der Waals surface area contributed by atoms with Gasteiger partial charge in [0.1, 0.15) is 19.3 Å². The number of rotatable bonds is 7. The van der Waals surface area contributed by atoms with Gasteiger partial charge in [0.15, 0.2) is 0 Å². The van der Waals surface area contributed by atoms with E-state index in [1.54, 1.807) is 12.1 Å². The number of halogens is 1. The predicted octanol–water partition coefficient (Wildman–Crippen LogP) is 6.42. The molecule has 0 bridgehead atoms. The number of ether oxygens (including phenoxy) is 2. The van der Waals surface area contributed by atoms with Crippen LogP contribution in [0.3, 0.4) is 0 Å². The van der Waals surface area contributed by atoms with Gasteiger partial charge in [-0.05, 0) is 78.8 Å². The molecule has 0 atom stereocenters. The predicted molar refractivity (Wildman–Crippen MR) is 121 cm³/mol. The molecule has 30 heavy (non-hydrogen) atoms. The molecule has 0 aliphatic carbocycles. The molecule has 0 N–H and O–H groups in total. The third kappa shape index (κ3) is 5.29. The molecule has 4 heteroatoms. The molecule has 156 valence electrons. The Hall–Kier alpha value is -2.62. The lowest BCUT2D eigenvalue weighted by Gasteiger charge is -2.25. The molecule has 0 radical (unpaired) electrons. The Morgan fingerprint density at radius 1 is 0.800 bits per heavy atom. The Morgan fingerprint density at radius 2 is 1.27 bits per heavy atom. The van der Waals surface area contributed by atoms with Crippen molar-refractivity contribution in [2.24, 2.45) is 0 Å². The molecule has 3 aromatic carbocycles. The number of hydrogen-bond acceptors (Lipinski definition) is 3. The zero-order valence-corrected chi connectivity index (χ0v) is 18.6. The summed E-state index contributed by atoms with van der Waals surface area (Å²) in [6, 6.07) is 19.6. The van der Waals surface area contributed by atoms with Gasteiger partial charge in [-0.15, -0.1) is 0 Å². The van der Waals surface area contributed by atoms with Crippen LogP contribution < -0.4 is 0 Å². The molecule has 0 aliphatic rings. The van der Waals surface area contributed by atoms with Gasteiger partial charge in [-0.2, -0.15) is 0 Å². The maximum atomic E-state index is 12.4. The van der Waals surface area contributed by atoms with Crippen molar-refractivity contribution < 1.29 is 14.3 Å². The summed E-state index contributed by atoms with van der Waals surface area (Å²) in [5.74, 6) is -0.396. The number of carbonyl (C=O) groups is 1. The second-order valence-corrected chi connectivity index (χ2v) is 8.03. The first kappa shape index (κ1) is 22.1. The van der Waals surface area contributed by atoms with Crippen LogP contribution in [0.25, 0.3) is 0 Å². The van der Waals surface area contributed by atoms with Crippen LogP contribution in [0, 0.1) is 27.7 Å². The van der Waals surface area contributed by atoms with Crippen molar-refractivity contribution in [3.63, 3.8) is 0 Å². The first-order chi connectivity index (χ1) is 14.4. The summed E-state index contributed by atoms with van der Waals surface area (Å²) in [6.07, 6.45) is -0.338. The largest absolute Gasteiger partial charge is 0.459 e. The highest BCUT2D eigenvalue weighted by Crippen LogP contribution is 2.34. The van der Waals surface area contributed by atoms with Crippen LogP contribution in [0.4, 0.5) is 0 Å². The smallest absolute Gasteiger partial charge is 0.332 e. The average Bonchev–Trinajstić information content (AvgIpc) is 2.70. The topological polar surface area (TPSA) is 35.5 Å². The lowest BCUT2D eigenvalue weighted by Crippen LogP contribution is -2.19. The summed E-state index contributed by atoms with van der Waals surface area (Å²) in [5, 5.41) is 0.651. The minimum Gasteiger partial charge on any atom is -0.459 e. The van der Waals surface area contributed by atoms with Crippen LogP contribution in [0.15, 0.2) is 60.7 Å². The van der Waals surface area contributed by atoms with Gasteiger partial charge in [0.05, 0.1) is 0 Å². The molecule has 0 fully saturated rings. The summed E-state index contributed by atoms with van der Waals surface area (Å²) in [6.45, 7) is 8.36. The van der Waals surface area contributed by atoms with E-state index in [0.717, 1.165) is 38.9 Å². The summed E-state index contributed by atoms with van der Waals surface area (Å²) in [4.78, 5) is 12.4. The fraction of sp³-hybridized carbons (Fsp3) is 0.269. The first-order valence-electron chi connectivity index (χ1n) is 10.0. The van der Waals surface area contributed by atoms with Gasteiger partial charge < -0.3 is 9.47 Å². The first-order valence-corrected chi connectivity index (χ1v) is 10.4. The van der Waals surface area contributed by atoms with Gasteiger partial charge in [0.2, 0.25) is 0 Å². The van der Waals surface area contributed by atoms with Crippen molar-refractivity contribution in [2.75, 3.05) is 6.61 Å². The zero-order chi connectivity index (χ0) is 21.7. The van der Waals surface area contributed by atoms with Crippen LogP contribution in [0.5, 0.6) is 0 Å². The van der Waals surface area contributed by atoms with Gasteiger partial charge in [0, 0.05) is 5.02 Å². The minimum atomic E-state index is -0.396. The number of esters is 1. The molecule has 0 saturated carbocycles. The highest BCUT2D eigenvalue weighted by Gasteiger charge is 2.23. The number of benzene rings is 3. The highest BCUT2D eigenvalue weighted by molar-refractivity contribution is 6.30. The van der Waals surface area contributed by atoms with Gasteiger partial charge in [-0.3, -0.25) is 0 Å². The van der Waals surface area contributed by atoms with Gasteiger partial charge >= 0.3 is 5.97 Å². The molecule has 0 unspecified atom stereocenters. The maximum absolute atomic E-state index is 12.4. The summed E-state index contributed by atoms with van der Waals surface area (Å²) >= 11 is 5.90. The van der Waals surface area contributed by atoms with Gasteiger partial charge in [-0.1, -0.05) is 60.1 Å². The zero-order valence-electron chi connectivity index (χ0n) is 17.9. The molecule has 3 rings (SSSR count). The number of aryl methyl sites for hydroxylation is 4. The lowest BCUT2D eigenvalue weighted by molar-refractivity contribution is -0.151. The van der Waals surface area contributed by atoms with Gasteiger partial charge in [-0.25, -0.2) is 4.79 Å². The summed E-state index contributed by atoms with van der Waals surface area (Å²) in [7, 11) is 0. The molecule has 0 amide bonds. The molecular formula is C26H27ClO3. The number of carbonyl (C=O) groups excluding carboxylic acids is 1. The molecule has 0 spiro atoms. The Bertz CT molecular complexity index is 933. The number of hydrogen-bond donors (Lipinski definition) is 0. The Labute approximate surface area is 183 Å². The average molecular weight is 423 g/mol. The normalized spacial score (nSPS) is 11.0. The third-order valence-electron chi connectivity index (χ3n) is 5.29. The van der Waals surface area contributed by atoms with Crippen LogP contribution in [-0.4, -0.2) is 12.6 Å². The van der Waals surface area contributed by atoms with E-state index in [1.165, 1.54) is 0 Å². The van der Waals surface area contributed by atoms with E-state index in [-0.39, 0.29) is 19.3 Å². The Kier molecular flexibility index (Phi) is 7.30. The fourth-order valence-electron chi connectivity index (χ4n) is 3.73. The summed E-state index contributed by atoms with van der Waals surface area (Å²) in [5.41, 5.74) is 7.62. The van der Waals surface area contributed by atoms with Crippen LogP contribution >= 0.6 is 11.6 Å². The maximum Gasteiger partial charge on any atom is 0.332 e. The van der Waals surface area contributed by atoms with Crippen LogP contribution in [0.1, 0.15) is 45.0 Å². The second-order valence-electron chi connectivity index (χ2n) is 7.59. The van der Waals surface area contributed by atoms with E-state index < -0.39 is 5.97 Å². The molecule has 0 aliphatic heterocycles. The van der Waals surface area contributed by atoms with E-state index in [1.807, 2.05) is 24.3 Å². The van der Waals surface area contributed by atoms with Crippen LogP contribution in [0.2, 0.25) is 5.02 Å². The van der Waals surface area contributed by atoms with E-state index in [2.05, 4.69) is 52.0 Å². The van der Waals surface area contributed by atoms with Crippen molar-refractivity contribution in [3.05, 3.63) is 105 Å². The van der Waals surface area contributed by atoms with Crippen molar-refractivity contribution in [2.45, 2.75) is 40.4 Å². The van der Waals surface area contributed by atoms with E-state index >= 15 is 0 Å². The highest BCUT2D eigenvalue weighted by atomic mass is 35.5. The molecule has 3 nitrogen and oxygen atoms in total. The quantitative estimate of drug-likeness (QED) is 0.412. The summed E-state index contributed by atoms with van der Waals surface area (Å²) < 4.78 is 11.6. The van der Waals surface area contributed by atoms with Crippen molar-refractivity contribution >= 4 is 17.6 Å². The Morgan fingerprint density at radius 3 is 1.73 bits per heavy atom. The standard InChI is InChI=1S/C26H27ClO3/c1-17-7-5-8-18(2)24(17)26(25-19(3)9-6-10-20(25)4)30-16-23(28)29-15-21-11-13-22(27)14-12-21/h5-14,26H,15-16H2,1-4H3. The lowest BCUT2D eigenvalue weighted by atomic mass is 9.89. The van der Waals surface area contributed by atoms with E-state index in [0.29, 0.717) is 5.02 Å². The Balaban J connectivity index is 1.79. The van der Waals surface area contributed by atoms with Crippen molar-refractivity contribution in [1.29, 1.82) is 0 Å². The van der Waals surface area contributed by atoms with Crippen molar-refractivity contribution in [3.8, 4) is 0 Å². The monoisotopic (exact) mass is 422 g/mol. The molecule has 0 aromatic heterocycles. The minimum absolute atomic E-state index is 0.125. The van der Waals surface area contributed by atoms with Crippen molar-refractivity contribution in [1.82, 2.24) is 0 Å². The molecule has 3 aromatic rings. The van der Waals surface area contributed by atoms with E-state index in [4.69, 9.17) is 21.1 Å². The molecule has 0 heterocycles. The fourth-order valence-corrected chi connectivity index (χ4v) is 3.86. The molecule has 0 saturated heterocycles. The van der Waals surface area contributed by atoms with Crippen LogP contribution in [-0.2, 0) is 20.9 Å². The van der Waals surface area contributed by atoms with E-state index in [9.17, 15) is 4.79 Å². The SMILES string of the molecule is Cc1cccc(C)c1C(OCC(=O)OCc1ccc(Cl)cc1)c1c(C)cccc1C. The third-order valence-corrected chi connectivity index (χ3v) is 5.54.